The first-order chi connectivity index (χ1) is 28.8. The molecule has 0 bridgehead atoms. The lowest BCUT2D eigenvalue weighted by Crippen LogP contribution is -1.92. The van der Waals surface area contributed by atoms with Crippen molar-refractivity contribution < 1.29 is 8.83 Å². The van der Waals surface area contributed by atoms with Crippen molar-refractivity contribution in [3.63, 3.8) is 0 Å². The molecular formula is C56H32O2. The largest absolute Gasteiger partial charge is 0.456 e. The molecule has 0 fully saturated rings. The Morgan fingerprint density at radius 3 is 1.21 bits per heavy atom. The normalized spacial score (nSPS) is 12.1. The standard InChI is InChI=1S/C56H32O2/c1-2-16-36-33(12-1)13-7-21-39(36)54-42-24-10-19-37(40-22-8-14-34-28-30-50-55(52(34)40)44-17-3-5-26-48(44)57-50)46(42)32-47-38(20-11-25-43(47)54)41-23-9-15-35-29-31-51-56(53(35)41)45-18-4-6-27-49(45)58-51/h1-32H. The Hall–Kier alpha value is -7.68. The molecule has 0 saturated heterocycles. The number of hydrogen-bond donors (Lipinski definition) is 0. The molecule has 2 nitrogen and oxygen atoms in total. The van der Waals surface area contributed by atoms with E-state index in [0.29, 0.717) is 0 Å². The highest BCUT2D eigenvalue weighted by Crippen LogP contribution is 2.48. The maximum absolute atomic E-state index is 6.46. The maximum atomic E-state index is 6.46. The van der Waals surface area contributed by atoms with E-state index in [2.05, 4.69) is 182 Å². The van der Waals surface area contributed by atoms with Crippen molar-refractivity contribution in [1.82, 2.24) is 0 Å². The summed E-state index contributed by atoms with van der Waals surface area (Å²) < 4.78 is 12.9. The first kappa shape index (κ1) is 31.5. The van der Waals surface area contributed by atoms with Gasteiger partial charge in [-0.05, 0) is 107 Å². The SMILES string of the molecule is c1ccc2c(-c3c4cccc(-c5cccc6ccc7oc8ccccc8c7c56)c4cc4c(-c5cccc6ccc7oc8ccccc8c7c56)cccc34)cccc2c1. The molecule has 0 amide bonds. The molecule has 0 aliphatic rings. The van der Waals surface area contributed by atoms with Gasteiger partial charge in [-0.25, -0.2) is 0 Å². The summed E-state index contributed by atoms with van der Waals surface area (Å²) in [4.78, 5) is 0. The van der Waals surface area contributed by atoms with Crippen LogP contribution in [0.4, 0.5) is 0 Å². The van der Waals surface area contributed by atoms with Gasteiger partial charge in [0.2, 0.25) is 0 Å². The Morgan fingerprint density at radius 2 is 0.638 bits per heavy atom. The summed E-state index contributed by atoms with van der Waals surface area (Å²) in [5.74, 6) is 0. The molecule has 2 heterocycles. The van der Waals surface area contributed by atoms with Gasteiger partial charge in [0.15, 0.2) is 0 Å². The van der Waals surface area contributed by atoms with E-state index in [1.165, 1.54) is 87.2 Å². The van der Waals surface area contributed by atoms with Gasteiger partial charge in [-0.3, -0.25) is 0 Å². The monoisotopic (exact) mass is 736 g/mol. The molecule has 58 heavy (non-hydrogen) atoms. The quantitative estimate of drug-likeness (QED) is 0.169. The van der Waals surface area contributed by atoms with Gasteiger partial charge in [0.25, 0.3) is 0 Å². The molecule has 2 heteroatoms. The van der Waals surface area contributed by atoms with Crippen LogP contribution in [0.1, 0.15) is 0 Å². The first-order valence-corrected chi connectivity index (χ1v) is 19.9. The van der Waals surface area contributed by atoms with Crippen molar-refractivity contribution >= 4 is 97.7 Å². The van der Waals surface area contributed by atoms with Gasteiger partial charge in [-0.15, -0.1) is 0 Å². The zero-order valence-electron chi connectivity index (χ0n) is 31.3. The minimum Gasteiger partial charge on any atom is -0.456 e. The molecule has 0 atom stereocenters. The van der Waals surface area contributed by atoms with E-state index in [0.717, 1.165) is 43.9 Å². The third-order valence-corrected chi connectivity index (χ3v) is 12.4. The number of fused-ring (bicyclic) bond motifs is 13. The zero-order valence-corrected chi connectivity index (χ0v) is 31.3. The fourth-order valence-electron chi connectivity index (χ4n) is 10.0. The average molecular weight is 737 g/mol. The Balaban J connectivity index is 1.21. The van der Waals surface area contributed by atoms with Crippen LogP contribution in [0.15, 0.2) is 203 Å². The summed E-state index contributed by atoms with van der Waals surface area (Å²) in [7, 11) is 0. The van der Waals surface area contributed by atoms with Crippen molar-refractivity contribution in [1.29, 1.82) is 0 Å². The third-order valence-electron chi connectivity index (χ3n) is 12.4. The van der Waals surface area contributed by atoms with Crippen LogP contribution in [0, 0.1) is 0 Å². The highest BCUT2D eigenvalue weighted by Gasteiger charge is 2.21. The van der Waals surface area contributed by atoms with Crippen LogP contribution >= 0.6 is 0 Å². The van der Waals surface area contributed by atoms with Crippen LogP contribution in [0.5, 0.6) is 0 Å². The second-order valence-electron chi connectivity index (χ2n) is 15.5. The topological polar surface area (TPSA) is 26.3 Å². The van der Waals surface area contributed by atoms with E-state index >= 15 is 0 Å². The van der Waals surface area contributed by atoms with Crippen LogP contribution in [-0.4, -0.2) is 0 Å². The highest BCUT2D eigenvalue weighted by molar-refractivity contribution is 6.28. The molecule has 0 unspecified atom stereocenters. The van der Waals surface area contributed by atoms with Gasteiger partial charge in [-0.1, -0.05) is 164 Å². The first-order valence-electron chi connectivity index (χ1n) is 19.9. The van der Waals surface area contributed by atoms with Crippen LogP contribution in [0.3, 0.4) is 0 Å². The molecule has 0 spiro atoms. The molecule has 13 rings (SSSR count). The second kappa shape index (κ2) is 11.9. The van der Waals surface area contributed by atoms with Crippen molar-refractivity contribution in [3.8, 4) is 33.4 Å². The summed E-state index contributed by atoms with van der Waals surface area (Å²) >= 11 is 0. The van der Waals surface area contributed by atoms with Gasteiger partial charge >= 0.3 is 0 Å². The van der Waals surface area contributed by atoms with Crippen molar-refractivity contribution in [2.24, 2.45) is 0 Å². The molecule has 0 aliphatic carbocycles. The predicted octanol–water partition coefficient (Wildman–Crippen LogP) is 16.3. The zero-order chi connectivity index (χ0) is 37.9. The Bertz CT molecular complexity index is 3640. The van der Waals surface area contributed by atoms with Gasteiger partial charge in [0, 0.05) is 32.3 Å². The van der Waals surface area contributed by atoms with Crippen molar-refractivity contribution in [2.75, 3.05) is 0 Å². The maximum Gasteiger partial charge on any atom is 0.136 e. The van der Waals surface area contributed by atoms with Gasteiger partial charge < -0.3 is 8.83 Å². The number of hydrogen-bond acceptors (Lipinski definition) is 2. The molecular weight excluding hydrogens is 705 g/mol. The number of furan rings is 2. The Kier molecular flexibility index (Phi) is 6.47. The van der Waals surface area contributed by atoms with Gasteiger partial charge in [0.1, 0.15) is 22.3 Å². The lowest BCUT2D eigenvalue weighted by Gasteiger charge is -2.19. The molecule has 11 aromatic carbocycles. The van der Waals surface area contributed by atoms with E-state index in [-0.39, 0.29) is 0 Å². The number of benzene rings is 11. The highest BCUT2D eigenvalue weighted by atomic mass is 16.3. The van der Waals surface area contributed by atoms with Crippen LogP contribution in [-0.2, 0) is 0 Å². The Labute approximate surface area is 332 Å². The molecule has 13 aromatic rings. The van der Waals surface area contributed by atoms with E-state index < -0.39 is 0 Å². The minimum atomic E-state index is 0.902. The number of rotatable bonds is 3. The van der Waals surface area contributed by atoms with Crippen LogP contribution in [0.25, 0.3) is 131 Å². The van der Waals surface area contributed by atoms with E-state index in [4.69, 9.17) is 8.83 Å². The second-order valence-corrected chi connectivity index (χ2v) is 15.5. The summed E-state index contributed by atoms with van der Waals surface area (Å²) in [5, 5.41) is 16.7. The van der Waals surface area contributed by atoms with Gasteiger partial charge in [-0.2, -0.15) is 0 Å². The van der Waals surface area contributed by atoms with Crippen molar-refractivity contribution in [3.05, 3.63) is 194 Å². The fraction of sp³-hybridized carbons (Fsp3) is 0. The summed E-state index contributed by atoms with van der Waals surface area (Å²) in [6.07, 6.45) is 0. The smallest absolute Gasteiger partial charge is 0.136 e. The molecule has 0 aliphatic heterocycles. The van der Waals surface area contributed by atoms with Crippen LogP contribution in [0.2, 0.25) is 0 Å². The minimum absolute atomic E-state index is 0.902. The van der Waals surface area contributed by atoms with Gasteiger partial charge in [0.05, 0.1) is 0 Å². The molecule has 0 radical (unpaired) electrons. The van der Waals surface area contributed by atoms with E-state index in [9.17, 15) is 0 Å². The lowest BCUT2D eigenvalue weighted by molar-refractivity contribution is 0.669. The molecule has 2 aromatic heterocycles. The molecule has 268 valence electrons. The van der Waals surface area contributed by atoms with Crippen LogP contribution < -0.4 is 0 Å². The third kappa shape index (κ3) is 4.37. The summed E-state index contributed by atoms with van der Waals surface area (Å²) in [6.45, 7) is 0. The van der Waals surface area contributed by atoms with E-state index in [1.54, 1.807) is 0 Å². The Morgan fingerprint density at radius 1 is 0.224 bits per heavy atom. The van der Waals surface area contributed by atoms with Crippen molar-refractivity contribution in [2.45, 2.75) is 0 Å². The summed E-state index contributed by atoms with van der Waals surface area (Å²) in [5.41, 5.74) is 10.9. The van der Waals surface area contributed by atoms with E-state index in [1.807, 2.05) is 12.1 Å². The lowest BCUT2D eigenvalue weighted by atomic mass is 9.83. The number of para-hydroxylation sites is 2. The molecule has 0 N–H and O–H groups in total. The predicted molar refractivity (Wildman–Crippen MR) is 245 cm³/mol. The average Bonchev–Trinajstić information content (AvgIpc) is 3.86. The summed E-state index contributed by atoms with van der Waals surface area (Å²) in [6, 6.07) is 70.5. The molecule has 0 saturated carbocycles. The fourth-order valence-corrected chi connectivity index (χ4v) is 10.0.